The predicted octanol–water partition coefficient (Wildman–Crippen LogP) is 3.45. The maximum absolute atomic E-state index is 12.5. The largest absolute Gasteiger partial charge is 0.493 e. The van der Waals surface area contributed by atoms with Crippen molar-refractivity contribution in [1.82, 2.24) is 4.72 Å². The summed E-state index contributed by atoms with van der Waals surface area (Å²) in [6, 6.07) is 11.6. The van der Waals surface area contributed by atoms with E-state index in [0.717, 1.165) is 16.9 Å². The molecule has 1 aliphatic rings. The smallest absolute Gasteiger partial charge is 0.241 e. The minimum Gasteiger partial charge on any atom is -0.493 e. The number of sulfonamides is 1. The second-order valence-electron chi connectivity index (χ2n) is 5.31. The number of fused-ring (bicyclic) bond motifs is 1. The number of aryl methyl sites for hydroxylation is 1. The van der Waals surface area contributed by atoms with Gasteiger partial charge in [0.15, 0.2) is 0 Å². The van der Waals surface area contributed by atoms with E-state index >= 15 is 0 Å². The molecule has 1 unspecified atom stereocenters. The fraction of sp³-hybridized carbons (Fsp3) is 0.250. The van der Waals surface area contributed by atoms with E-state index in [4.69, 9.17) is 16.3 Å². The van der Waals surface area contributed by atoms with Crippen LogP contribution in [0.25, 0.3) is 0 Å². The molecule has 1 atom stereocenters. The molecule has 6 heteroatoms. The highest BCUT2D eigenvalue weighted by molar-refractivity contribution is 7.89. The van der Waals surface area contributed by atoms with E-state index in [1.807, 2.05) is 25.1 Å². The van der Waals surface area contributed by atoms with Crippen molar-refractivity contribution in [3.05, 3.63) is 58.6 Å². The Labute approximate surface area is 135 Å². The van der Waals surface area contributed by atoms with E-state index < -0.39 is 10.0 Å². The number of nitrogens with one attached hydrogen (secondary N) is 1. The summed E-state index contributed by atoms with van der Waals surface area (Å²) in [5.74, 6) is 0.737. The van der Waals surface area contributed by atoms with Crippen LogP contribution >= 0.6 is 11.6 Å². The maximum Gasteiger partial charge on any atom is 0.241 e. The first-order valence-corrected chi connectivity index (χ1v) is 8.83. The van der Waals surface area contributed by atoms with Gasteiger partial charge in [0.2, 0.25) is 10.0 Å². The molecule has 0 aromatic heterocycles. The summed E-state index contributed by atoms with van der Waals surface area (Å²) in [7, 11) is -3.60. The van der Waals surface area contributed by atoms with Crippen LogP contribution in [0.15, 0.2) is 47.4 Å². The highest BCUT2D eigenvalue weighted by Crippen LogP contribution is 2.33. The molecular weight excluding hydrogens is 322 g/mol. The molecule has 0 fully saturated rings. The maximum atomic E-state index is 12.5. The molecule has 0 radical (unpaired) electrons. The second kappa shape index (κ2) is 5.91. The van der Waals surface area contributed by atoms with Gasteiger partial charge in [-0.15, -0.1) is 0 Å². The zero-order valence-corrected chi connectivity index (χ0v) is 13.6. The van der Waals surface area contributed by atoms with Gasteiger partial charge in [-0.05, 0) is 37.3 Å². The highest BCUT2D eigenvalue weighted by atomic mass is 35.5. The Bertz CT molecular complexity index is 788. The third kappa shape index (κ3) is 3.11. The lowest BCUT2D eigenvalue weighted by atomic mass is 10.00. The molecule has 0 spiro atoms. The normalized spacial score (nSPS) is 17.6. The van der Waals surface area contributed by atoms with Gasteiger partial charge in [-0.25, -0.2) is 13.1 Å². The zero-order chi connectivity index (χ0) is 15.7. The first-order chi connectivity index (χ1) is 10.5. The van der Waals surface area contributed by atoms with E-state index in [1.54, 1.807) is 12.1 Å². The Morgan fingerprint density at radius 3 is 2.64 bits per heavy atom. The second-order valence-corrected chi connectivity index (χ2v) is 7.46. The van der Waals surface area contributed by atoms with E-state index in [2.05, 4.69) is 4.72 Å². The van der Waals surface area contributed by atoms with Crippen molar-refractivity contribution in [1.29, 1.82) is 0 Å². The van der Waals surface area contributed by atoms with E-state index in [0.29, 0.717) is 18.1 Å². The molecule has 0 saturated heterocycles. The predicted molar refractivity (Wildman–Crippen MR) is 85.8 cm³/mol. The summed E-state index contributed by atoms with van der Waals surface area (Å²) in [6.07, 6.45) is 0.600. The molecule has 1 aliphatic heterocycles. The van der Waals surface area contributed by atoms with Crippen LogP contribution in [0.1, 0.15) is 23.6 Å². The Kier molecular flexibility index (Phi) is 4.12. The standard InChI is InChI=1S/C16H16ClNO3S/c1-11-2-7-16-14(10-11)15(8-9-21-16)18-22(19,20)13-5-3-12(17)4-6-13/h2-7,10,15,18H,8-9H2,1H3. The summed E-state index contributed by atoms with van der Waals surface area (Å²) in [6.45, 7) is 2.46. The number of hydrogen-bond donors (Lipinski definition) is 1. The van der Waals surface area contributed by atoms with Crippen LogP contribution in [-0.4, -0.2) is 15.0 Å². The Balaban J connectivity index is 1.91. The van der Waals surface area contributed by atoms with Crippen molar-refractivity contribution < 1.29 is 13.2 Å². The van der Waals surface area contributed by atoms with Gasteiger partial charge in [0.1, 0.15) is 5.75 Å². The van der Waals surface area contributed by atoms with Gasteiger partial charge in [0, 0.05) is 17.0 Å². The van der Waals surface area contributed by atoms with Gasteiger partial charge >= 0.3 is 0 Å². The Morgan fingerprint density at radius 1 is 1.18 bits per heavy atom. The van der Waals surface area contributed by atoms with Crippen LogP contribution < -0.4 is 9.46 Å². The molecule has 0 aliphatic carbocycles. The summed E-state index contributed by atoms with van der Waals surface area (Å²) >= 11 is 5.81. The van der Waals surface area contributed by atoms with Crippen LogP contribution in [-0.2, 0) is 10.0 Å². The van der Waals surface area contributed by atoms with E-state index in [1.165, 1.54) is 12.1 Å². The van der Waals surface area contributed by atoms with Crippen molar-refractivity contribution >= 4 is 21.6 Å². The Morgan fingerprint density at radius 2 is 1.91 bits per heavy atom. The third-order valence-corrected chi connectivity index (χ3v) is 5.37. The molecule has 1 heterocycles. The molecule has 0 bridgehead atoms. The fourth-order valence-corrected chi connectivity index (χ4v) is 3.88. The van der Waals surface area contributed by atoms with Gasteiger partial charge in [0.05, 0.1) is 17.5 Å². The van der Waals surface area contributed by atoms with E-state index in [-0.39, 0.29) is 10.9 Å². The average molecular weight is 338 g/mol. The molecule has 1 N–H and O–H groups in total. The number of rotatable bonds is 3. The molecule has 4 nitrogen and oxygen atoms in total. The van der Waals surface area contributed by atoms with Gasteiger partial charge in [-0.2, -0.15) is 0 Å². The highest BCUT2D eigenvalue weighted by Gasteiger charge is 2.26. The fourth-order valence-electron chi connectivity index (χ4n) is 2.51. The average Bonchev–Trinajstić information content (AvgIpc) is 2.48. The van der Waals surface area contributed by atoms with Gasteiger partial charge in [0.25, 0.3) is 0 Å². The van der Waals surface area contributed by atoms with Crippen molar-refractivity contribution in [3.63, 3.8) is 0 Å². The summed E-state index contributed by atoms with van der Waals surface area (Å²) in [5, 5.41) is 0.506. The lowest BCUT2D eigenvalue weighted by Crippen LogP contribution is -2.32. The topological polar surface area (TPSA) is 55.4 Å². The molecule has 0 amide bonds. The molecule has 2 aromatic carbocycles. The first kappa shape index (κ1) is 15.3. The van der Waals surface area contributed by atoms with Gasteiger partial charge in [-0.3, -0.25) is 0 Å². The number of benzene rings is 2. The van der Waals surface area contributed by atoms with Crippen LogP contribution in [0.4, 0.5) is 0 Å². The SMILES string of the molecule is Cc1ccc2c(c1)C(NS(=O)(=O)c1ccc(Cl)cc1)CCO2. The third-order valence-electron chi connectivity index (χ3n) is 3.63. The molecule has 3 rings (SSSR count). The molecular formula is C16H16ClNO3S. The van der Waals surface area contributed by atoms with Crippen LogP contribution in [0.3, 0.4) is 0 Å². The lowest BCUT2D eigenvalue weighted by molar-refractivity contribution is 0.263. The summed E-state index contributed by atoms with van der Waals surface area (Å²) in [4.78, 5) is 0.206. The van der Waals surface area contributed by atoms with Crippen molar-refractivity contribution in [2.75, 3.05) is 6.61 Å². The monoisotopic (exact) mass is 337 g/mol. The number of halogens is 1. The number of hydrogen-bond acceptors (Lipinski definition) is 3. The molecule has 2 aromatic rings. The first-order valence-electron chi connectivity index (χ1n) is 6.97. The van der Waals surface area contributed by atoms with Crippen LogP contribution in [0.2, 0.25) is 5.02 Å². The molecule has 116 valence electrons. The van der Waals surface area contributed by atoms with E-state index in [9.17, 15) is 8.42 Å². The molecule has 0 saturated carbocycles. The minimum atomic E-state index is -3.60. The quantitative estimate of drug-likeness (QED) is 0.933. The Hall–Kier alpha value is -1.56. The van der Waals surface area contributed by atoms with Crippen molar-refractivity contribution in [2.45, 2.75) is 24.3 Å². The van der Waals surface area contributed by atoms with Gasteiger partial charge in [-0.1, -0.05) is 29.3 Å². The zero-order valence-electron chi connectivity index (χ0n) is 12.0. The summed E-state index contributed by atoms with van der Waals surface area (Å²) in [5.41, 5.74) is 1.95. The lowest BCUT2D eigenvalue weighted by Gasteiger charge is -2.27. The van der Waals surface area contributed by atoms with Crippen LogP contribution in [0, 0.1) is 6.92 Å². The molecule has 22 heavy (non-hydrogen) atoms. The minimum absolute atomic E-state index is 0.206. The van der Waals surface area contributed by atoms with Crippen LogP contribution in [0.5, 0.6) is 5.75 Å². The van der Waals surface area contributed by atoms with Crippen molar-refractivity contribution in [3.8, 4) is 5.75 Å². The van der Waals surface area contributed by atoms with Crippen molar-refractivity contribution in [2.24, 2.45) is 0 Å². The number of ether oxygens (including phenoxy) is 1. The summed E-state index contributed by atoms with van der Waals surface area (Å²) < 4.78 is 33.4. The van der Waals surface area contributed by atoms with Gasteiger partial charge < -0.3 is 4.74 Å².